The van der Waals surface area contributed by atoms with Crippen LogP contribution in [0.1, 0.15) is 70.4 Å². The lowest BCUT2D eigenvalue weighted by Crippen LogP contribution is -2.28. The molecule has 2 fully saturated rings. The molecule has 5 heteroatoms. The Balaban J connectivity index is 1.40. The van der Waals surface area contributed by atoms with Gasteiger partial charge in [-0.2, -0.15) is 0 Å². The van der Waals surface area contributed by atoms with Crippen molar-refractivity contribution >= 4 is 11.8 Å². The van der Waals surface area contributed by atoms with Gasteiger partial charge in [-0.1, -0.05) is 24.6 Å². The topological polar surface area (TPSA) is 64.6 Å². The van der Waals surface area contributed by atoms with E-state index in [1.165, 1.54) is 19.3 Å². The fourth-order valence-electron chi connectivity index (χ4n) is 4.83. The number of nitrogens with one attached hydrogen (secondary N) is 1. The van der Waals surface area contributed by atoms with Gasteiger partial charge in [-0.15, -0.1) is 0 Å². The number of rotatable bonds is 4. The van der Waals surface area contributed by atoms with E-state index in [0.717, 1.165) is 37.1 Å². The van der Waals surface area contributed by atoms with Gasteiger partial charge in [0.2, 0.25) is 0 Å². The first-order chi connectivity index (χ1) is 14.2. The van der Waals surface area contributed by atoms with Crippen LogP contribution in [0.15, 0.2) is 42.5 Å². The van der Waals surface area contributed by atoms with Gasteiger partial charge in [-0.3, -0.25) is 4.79 Å². The monoisotopic (exact) mass is 391 g/mol. The minimum atomic E-state index is -0.625. The van der Waals surface area contributed by atoms with Crippen molar-refractivity contribution in [2.24, 2.45) is 0 Å². The molecule has 5 rings (SSSR count). The summed E-state index contributed by atoms with van der Waals surface area (Å²) in [5, 5.41) is 3.26. The van der Waals surface area contributed by atoms with Crippen LogP contribution in [0.5, 0.6) is 5.75 Å². The molecule has 0 bridgehead atoms. The van der Waals surface area contributed by atoms with Gasteiger partial charge in [0, 0.05) is 29.7 Å². The molecule has 1 saturated heterocycles. The van der Waals surface area contributed by atoms with Crippen molar-refractivity contribution in [3.05, 3.63) is 64.7 Å². The molecule has 0 radical (unpaired) electrons. The van der Waals surface area contributed by atoms with Crippen molar-refractivity contribution < 1.29 is 19.1 Å². The molecule has 2 aliphatic heterocycles. The third kappa shape index (κ3) is 3.23. The van der Waals surface area contributed by atoms with Crippen molar-refractivity contribution in [1.82, 2.24) is 5.32 Å². The van der Waals surface area contributed by atoms with Gasteiger partial charge in [0.15, 0.2) is 11.4 Å². The van der Waals surface area contributed by atoms with Gasteiger partial charge < -0.3 is 14.8 Å². The third-order valence-electron chi connectivity index (χ3n) is 6.38. The van der Waals surface area contributed by atoms with Gasteiger partial charge in [-0.25, -0.2) is 4.79 Å². The molecule has 1 N–H and O–H groups in total. The highest BCUT2D eigenvalue weighted by Gasteiger charge is 2.48. The van der Waals surface area contributed by atoms with Crippen LogP contribution in [0, 0.1) is 0 Å². The van der Waals surface area contributed by atoms with Crippen molar-refractivity contribution in [3.63, 3.8) is 0 Å². The van der Waals surface area contributed by atoms with Crippen molar-refractivity contribution in [1.29, 1.82) is 0 Å². The second kappa shape index (κ2) is 7.30. The second-order valence-corrected chi connectivity index (χ2v) is 8.27. The first-order valence-electron chi connectivity index (χ1n) is 10.6. The predicted octanol–water partition coefficient (Wildman–Crippen LogP) is 3.99. The first kappa shape index (κ1) is 18.4. The number of hydrogen-bond donors (Lipinski definition) is 1. The molecule has 1 spiro atoms. The summed E-state index contributed by atoms with van der Waals surface area (Å²) in [4.78, 5) is 25.8. The van der Waals surface area contributed by atoms with E-state index in [1.54, 1.807) is 18.2 Å². The maximum absolute atomic E-state index is 13.2. The molecule has 3 aliphatic rings. The molecule has 2 aromatic rings. The molecule has 1 atom stereocenters. The highest BCUT2D eigenvalue weighted by molar-refractivity contribution is 6.15. The van der Waals surface area contributed by atoms with E-state index in [9.17, 15) is 9.59 Å². The van der Waals surface area contributed by atoms with Crippen LogP contribution in [0.4, 0.5) is 0 Å². The van der Waals surface area contributed by atoms with E-state index in [1.807, 2.05) is 24.3 Å². The molecule has 0 aromatic heterocycles. The lowest BCUT2D eigenvalue weighted by molar-refractivity contribution is 0.00159. The summed E-state index contributed by atoms with van der Waals surface area (Å²) in [5.41, 5.74) is 1.59. The highest BCUT2D eigenvalue weighted by Crippen LogP contribution is 2.42. The van der Waals surface area contributed by atoms with Crippen LogP contribution in [0.25, 0.3) is 0 Å². The number of fused-ring (bicyclic) bond motifs is 2. The Labute approximate surface area is 170 Å². The SMILES string of the molecule is O=C(c1ccc(OC2CCCCC2)cc1)c1cccc2c1C(=O)OC21CCNC1. The Morgan fingerprint density at radius 3 is 2.59 bits per heavy atom. The van der Waals surface area contributed by atoms with Gasteiger partial charge in [0.1, 0.15) is 5.75 Å². The van der Waals surface area contributed by atoms with Crippen molar-refractivity contribution in [2.75, 3.05) is 13.1 Å². The number of benzene rings is 2. The zero-order chi connectivity index (χ0) is 19.8. The van der Waals surface area contributed by atoms with Crippen LogP contribution in [-0.2, 0) is 10.3 Å². The predicted molar refractivity (Wildman–Crippen MR) is 108 cm³/mol. The number of hydrogen-bond acceptors (Lipinski definition) is 5. The number of esters is 1. The second-order valence-electron chi connectivity index (χ2n) is 8.27. The molecule has 0 amide bonds. The van der Waals surface area contributed by atoms with E-state index in [-0.39, 0.29) is 11.9 Å². The molecular weight excluding hydrogens is 366 g/mol. The molecule has 5 nitrogen and oxygen atoms in total. The first-order valence-corrected chi connectivity index (χ1v) is 10.6. The third-order valence-corrected chi connectivity index (χ3v) is 6.38. The number of carbonyl (C=O) groups is 2. The standard InChI is InChI=1S/C24H25NO4/c26-22(16-9-11-18(12-10-16)28-17-5-2-1-3-6-17)19-7-4-8-20-21(19)23(27)29-24(20)13-14-25-15-24/h4,7-12,17,25H,1-3,5-6,13-15H2. The van der Waals surface area contributed by atoms with Crippen LogP contribution < -0.4 is 10.1 Å². The molecule has 150 valence electrons. The lowest BCUT2D eigenvalue weighted by Gasteiger charge is -2.23. The Morgan fingerprint density at radius 2 is 1.86 bits per heavy atom. The Morgan fingerprint density at radius 1 is 1.07 bits per heavy atom. The Kier molecular flexibility index (Phi) is 4.63. The zero-order valence-electron chi connectivity index (χ0n) is 16.4. The van der Waals surface area contributed by atoms with Crippen molar-refractivity contribution in [2.45, 2.75) is 50.2 Å². The molecule has 2 aromatic carbocycles. The summed E-state index contributed by atoms with van der Waals surface area (Å²) in [6.07, 6.45) is 6.91. The van der Waals surface area contributed by atoms with E-state index >= 15 is 0 Å². The van der Waals surface area contributed by atoms with Crippen molar-refractivity contribution in [3.8, 4) is 5.75 Å². The summed E-state index contributed by atoms with van der Waals surface area (Å²) in [7, 11) is 0. The van der Waals surface area contributed by atoms with Gasteiger partial charge in [0.25, 0.3) is 0 Å². The maximum atomic E-state index is 13.2. The summed E-state index contributed by atoms with van der Waals surface area (Å²) in [6.45, 7) is 1.39. The van der Waals surface area contributed by atoms with Gasteiger partial charge in [0.05, 0.1) is 11.7 Å². The smallest absolute Gasteiger partial charge is 0.340 e. The van der Waals surface area contributed by atoms with Gasteiger partial charge >= 0.3 is 5.97 Å². The minimum absolute atomic E-state index is 0.161. The van der Waals surface area contributed by atoms with Gasteiger partial charge in [-0.05, 0) is 56.5 Å². The normalized spacial score (nSPS) is 23.8. The summed E-state index contributed by atoms with van der Waals surface area (Å²) in [6, 6.07) is 12.7. The highest BCUT2D eigenvalue weighted by atomic mass is 16.6. The largest absolute Gasteiger partial charge is 0.490 e. The Bertz CT molecular complexity index is 938. The van der Waals surface area contributed by atoms with Crippen LogP contribution in [0.3, 0.4) is 0 Å². The average molecular weight is 391 g/mol. The molecular formula is C24H25NO4. The molecule has 29 heavy (non-hydrogen) atoms. The van der Waals surface area contributed by atoms with Crippen LogP contribution in [-0.4, -0.2) is 30.9 Å². The molecule has 1 aliphatic carbocycles. The molecule has 1 saturated carbocycles. The number of ketones is 1. The van der Waals surface area contributed by atoms with E-state index in [0.29, 0.717) is 23.2 Å². The molecule has 1 unspecified atom stereocenters. The van der Waals surface area contributed by atoms with Crippen LogP contribution in [0.2, 0.25) is 0 Å². The van der Waals surface area contributed by atoms with Crippen LogP contribution >= 0.6 is 0 Å². The van der Waals surface area contributed by atoms with E-state index in [4.69, 9.17) is 9.47 Å². The maximum Gasteiger partial charge on any atom is 0.340 e. The van der Waals surface area contributed by atoms with E-state index < -0.39 is 11.6 Å². The zero-order valence-corrected chi connectivity index (χ0v) is 16.4. The number of ether oxygens (including phenoxy) is 2. The molecule has 2 heterocycles. The minimum Gasteiger partial charge on any atom is -0.490 e. The fraction of sp³-hybridized carbons (Fsp3) is 0.417. The quantitative estimate of drug-likeness (QED) is 0.631. The summed E-state index contributed by atoms with van der Waals surface area (Å²) in [5.74, 6) is 0.234. The summed E-state index contributed by atoms with van der Waals surface area (Å²) >= 11 is 0. The lowest BCUT2D eigenvalue weighted by atomic mass is 9.87. The summed E-state index contributed by atoms with van der Waals surface area (Å²) < 4.78 is 11.8. The number of carbonyl (C=O) groups excluding carboxylic acids is 2. The van der Waals surface area contributed by atoms with E-state index in [2.05, 4.69) is 5.32 Å². The fourth-order valence-corrected chi connectivity index (χ4v) is 4.83. The Hall–Kier alpha value is -2.66. The average Bonchev–Trinajstić information content (AvgIpc) is 3.34.